The summed E-state index contributed by atoms with van der Waals surface area (Å²) in [4.78, 5) is 35.7. The van der Waals surface area contributed by atoms with Gasteiger partial charge in [-0.25, -0.2) is 4.79 Å². The van der Waals surface area contributed by atoms with Gasteiger partial charge in [-0.05, 0) is 19.4 Å². The van der Waals surface area contributed by atoms with Crippen LogP contribution in [-0.2, 0) is 9.59 Å². The highest BCUT2D eigenvalue weighted by Gasteiger charge is 2.26. The van der Waals surface area contributed by atoms with Crippen molar-refractivity contribution in [3.8, 4) is 0 Å². The number of rotatable bonds is 6. The van der Waals surface area contributed by atoms with Crippen LogP contribution in [0, 0.1) is 0 Å². The number of imide groups is 1. The maximum atomic E-state index is 11.7. The van der Waals surface area contributed by atoms with Crippen molar-refractivity contribution in [2.75, 3.05) is 19.6 Å². The van der Waals surface area contributed by atoms with Gasteiger partial charge < -0.3 is 10.4 Å². The summed E-state index contributed by atoms with van der Waals surface area (Å²) in [5.41, 5.74) is 0. The van der Waals surface area contributed by atoms with Gasteiger partial charge in [-0.3, -0.25) is 19.8 Å². The van der Waals surface area contributed by atoms with Crippen molar-refractivity contribution >= 4 is 17.9 Å². The van der Waals surface area contributed by atoms with Crippen molar-refractivity contribution in [2.45, 2.75) is 31.7 Å². The van der Waals surface area contributed by atoms with Gasteiger partial charge in [0.05, 0.1) is 13.0 Å². The Hall–Kier alpha value is -1.89. The molecule has 20 heavy (non-hydrogen) atoms. The van der Waals surface area contributed by atoms with E-state index in [2.05, 4.69) is 17.2 Å². The number of likely N-dealkylation sites (tertiary alicyclic amines) is 1. The Morgan fingerprint density at radius 1 is 1.35 bits per heavy atom. The minimum Gasteiger partial charge on any atom is -0.481 e. The third kappa shape index (κ3) is 5.83. The second-order valence-electron chi connectivity index (χ2n) is 4.76. The molecule has 0 aromatic rings. The fraction of sp³-hybridized carbons (Fsp3) is 0.615. The molecular weight excluding hydrogens is 262 g/mol. The average Bonchev–Trinajstić information content (AvgIpc) is 2.38. The molecule has 1 heterocycles. The van der Waals surface area contributed by atoms with E-state index in [1.807, 2.05) is 4.90 Å². The quantitative estimate of drug-likeness (QED) is 0.610. The van der Waals surface area contributed by atoms with Crippen LogP contribution in [0.15, 0.2) is 12.7 Å². The molecule has 3 N–H and O–H groups in total. The summed E-state index contributed by atoms with van der Waals surface area (Å²) in [6, 6.07) is -0.704. The van der Waals surface area contributed by atoms with Gasteiger partial charge in [0, 0.05) is 12.6 Å². The van der Waals surface area contributed by atoms with E-state index >= 15 is 0 Å². The minimum atomic E-state index is -0.869. The zero-order valence-electron chi connectivity index (χ0n) is 11.4. The van der Waals surface area contributed by atoms with Crippen LogP contribution in [-0.4, -0.2) is 53.6 Å². The van der Waals surface area contributed by atoms with Crippen LogP contribution in [0.5, 0.6) is 0 Å². The molecule has 1 aliphatic rings. The van der Waals surface area contributed by atoms with Gasteiger partial charge in [-0.1, -0.05) is 12.5 Å². The van der Waals surface area contributed by atoms with E-state index in [0.29, 0.717) is 6.54 Å². The van der Waals surface area contributed by atoms with Crippen molar-refractivity contribution < 1.29 is 19.5 Å². The number of nitrogens with one attached hydrogen (secondary N) is 2. The number of piperidine rings is 1. The number of carboxylic acids is 1. The highest BCUT2D eigenvalue weighted by molar-refractivity contribution is 5.95. The first-order chi connectivity index (χ1) is 9.52. The lowest BCUT2D eigenvalue weighted by atomic mass is 9.99. The molecule has 0 aromatic carbocycles. The lowest BCUT2D eigenvalue weighted by molar-refractivity contribution is -0.139. The number of urea groups is 1. The molecule has 0 aliphatic carbocycles. The maximum absolute atomic E-state index is 11.7. The van der Waals surface area contributed by atoms with Crippen LogP contribution in [0.3, 0.4) is 0 Å². The van der Waals surface area contributed by atoms with Crippen LogP contribution in [0.2, 0.25) is 0 Å². The standard InChI is InChI=1S/C13H21N3O4/c1-2-6-14-13(20)15-11(17)9-16-7-4-3-5-10(16)8-12(18)19/h2,10H,1,3-9H2,(H,18,19)(H2,14,15,17,20). The van der Waals surface area contributed by atoms with Crippen molar-refractivity contribution in [3.63, 3.8) is 0 Å². The van der Waals surface area contributed by atoms with Crippen molar-refractivity contribution in [2.24, 2.45) is 0 Å². The number of carboxylic acid groups (broad SMARTS) is 1. The van der Waals surface area contributed by atoms with Gasteiger partial charge in [-0.15, -0.1) is 6.58 Å². The number of amides is 3. The molecule has 1 unspecified atom stereocenters. The number of hydrogen-bond donors (Lipinski definition) is 3. The molecule has 7 heteroatoms. The van der Waals surface area contributed by atoms with Crippen molar-refractivity contribution in [1.82, 2.24) is 15.5 Å². The maximum Gasteiger partial charge on any atom is 0.321 e. The molecule has 0 radical (unpaired) electrons. The minimum absolute atomic E-state index is 0.0238. The second kappa shape index (κ2) is 8.31. The Labute approximate surface area is 118 Å². The summed E-state index contributed by atoms with van der Waals surface area (Å²) in [5, 5.41) is 13.5. The lowest BCUT2D eigenvalue weighted by Gasteiger charge is -2.34. The Bertz CT molecular complexity index is 384. The van der Waals surface area contributed by atoms with Gasteiger partial charge in [0.15, 0.2) is 0 Å². The highest BCUT2D eigenvalue weighted by Crippen LogP contribution is 2.19. The van der Waals surface area contributed by atoms with E-state index in [-0.39, 0.29) is 25.6 Å². The smallest absolute Gasteiger partial charge is 0.321 e. The Kier molecular flexibility index (Phi) is 6.72. The Morgan fingerprint density at radius 2 is 2.10 bits per heavy atom. The molecule has 7 nitrogen and oxygen atoms in total. The molecular formula is C13H21N3O4. The zero-order chi connectivity index (χ0) is 15.0. The third-order valence-electron chi connectivity index (χ3n) is 3.17. The summed E-state index contributed by atoms with van der Waals surface area (Å²) < 4.78 is 0. The van der Waals surface area contributed by atoms with Crippen molar-refractivity contribution in [3.05, 3.63) is 12.7 Å². The van der Waals surface area contributed by atoms with Gasteiger partial charge in [-0.2, -0.15) is 0 Å². The number of carbonyl (C=O) groups is 3. The third-order valence-corrected chi connectivity index (χ3v) is 3.17. The number of nitrogens with zero attached hydrogens (tertiary/aromatic N) is 1. The average molecular weight is 283 g/mol. The first-order valence-corrected chi connectivity index (χ1v) is 6.67. The van der Waals surface area contributed by atoms with E-state index in [1.54, 1.807) is 0 Å². The van der Waals surface area contributed by atoms with Gasteiger partial charge in [0.2, 0.25) is 5.91 Å². The van der Waals surface area contributed by atoms with Crippen LogP contribution in [0.25, 0.3) is 0 Å². The van der Waals surface area contributed by atoms with E-state index in [9.17, 15) is 14.4 Å². The van der Waals surface area contributed by atoms with Gasteiger partial charge >= 0.3 is 12.0 Å². The summed E-state index contributed by atoms with van der Waals surface area (Å²) >= 11 is 0. The molecule has 0 aromatic heterocycles. The summed E-state index contributed by atoms with van der Waals surface area (Å²) in [7, 11) is 0. The zero-order valence-corrected chi connectivity index (χ0v) is 11.4. The molecule has 1 rings (SSSR count). The van der Waals surface area contributed by atoms with Gasteiger partial charge in [0.1, 0.15) is 0 Å². The summed E-state index contributed by atoms with van der Waals surface area (Å²) in [6.07, 6.45) is 4.21. The van der Waals surface area contributed by atoms with Crippen LogP contribution in [0.1, 0.15) is 25.7 Å². The van der Waals surface area contributed by atoms with Crippen LogP contribution >= 0.6 is 0 Å². The molecule has 1 aliphatic heterocycles. The van der Waals surface area contributed by atoms with E-state index in [4.69, 9.17) is 5.11 Å². The number of carbonyl (C=O) groups excluding carboxylic acids is 2. The number of hydrogen-bond acceptors (Lipinski definition) is 4. The van der Waals surface area contributed by atoms with Crippen LogP contribution in [0.4, 0.5) is 4.79 Å². The first kappa shape index (κ1) is 16.2. The van der Waals surface area contributed by atoms with Gasteiger partial charge in [0.25, 0.3) is 0 Å². The molecule has 1 fully saturated rings. The Balaban J connectivity index is 2.43. The topological polar surface area (TPSA) is 98.7 Å². The van der Waals surface area contributed by atoms with Crippen LogP contribution < -0.4 is 10.6 Å². The molecule has 0 spiro atoms. The summed E-state index contributed by atoms with van der Waals surface area (Å²) in [5.74, 6) is -1.30. The fourth-order valence-corrected chi connectivity index (χ4v) is 2.26. The normalized spacial score (nSPS) is 19.1. The molecule has 112 valence electrons. The largest absolute Gasteiger partial charge is 0.481 e. The molecule has 0 saturated carbocycles. The predicted octanol–water partition coefficient (Wildman–Crippen LogP) is 0.327. The highest BCUT2D eigenvalue weighted by atomic mass is 16.4. The van der Waals surface area contributed by atoms with Crippen molar-refractivity contribution in [1.29, 1.82) is 0 Å². The number of aliphatic carboxylic acids is 1. The Morgan fingerprint density at radius 3 is 2.75 bits per heavy atom. The SMILES string of the molecule is C=CCNC(=O)NC(=O)CN1CCCCC1CC(=O)O. The predicted molar refractivity (Wildman–Crippen MR) is 73.2 cm³/mol. The van der Waals surface area contributed by atoms with E-state index in [1.165, 1.54) is 6.08 Å². The molecule has 1 saturated heterocycles. The first-order valence-electron chi connectivity index (χ1n) is 6.67. The molecule has 0 bridgehead atoms. The molecule has 3 amide bonds. The fourth-order valence-electron chi connectivity index (χ4n) is 2.26. The monoisotopic (exact) mass is 283 g/mol. The summed E-state index contributed by atoms with van der Waals surface area (Å²) in [6.45, 7) is 4.46. The second-order valence-corrected chi connectivity index (χ2v) is 4.76. The molecule has 1 atom stereocenters. The van der Waals surface area contributed by atoms with E-state index in [0.717, 1.165) is 19.3 Å². The lowest BCUT2D eigenvalue weighted by Crippen LogP contribution is -2.49. The van der Waals surface area contributed by atoms with E-state index < -0.39 is 17.9 Å².